The van der Waals surface area contributed by atoms with E-state index >= 15 is 0 Å². The largest absolute Gasteiger partial charge is 0.394 e. The lowest BCUT2D eigenvalue weighted by Gasteiger charge is -2.19. The van der Waals surface area contributed by atoms with Crippen LogP contribution in [0.25, 0.3) is 0 Å². The summed E-state index contributed by atoms with van der Waals surface area (Å²) < 4.78 is 13.3. The zero-order chi connectivity index (χ0) is 23.4. The van der Waals surface area contributed by atoms with Crippen LogP contribution in [0.1, 0.15) is 36.1 Å². The predicted molar refractivity (Wildman–Crippen MR) is 128 cm³/mol. The van der Waals surface area contributed by atoms with E-state index in [1.54, 1.807) is 12.1 Å². The number of hydrogen-bond donors (Lipinski definition) is 5. The van der Waals surface area contributed by atoms with E-state index in [-0.39, 0.29) is 18.4 Å². The second kappa shape index (κ2) is 10.3. The second-order valence-electron chi connectivity index (χ2n) is 8.33. The Kier molecular flexibility index (Phi) is 7.26. The van der Waals surface area contributed by atoms with Gasteiger partial charge in [0.15, 0.2) is 17.5 Å². The fraction of sp³-hybridized carbons (Fsp3) is 0.409. The third-order valence-corrected chi connectivity index (χ3v) is 5.68. The van der Waals surface area contributed by atoms with Crippen molar-refractivity contribution in [2.75, 3.05) is 49.7 Å². The predicted octanol–water partition coefficient (Wildman–Crippen LogP) is 3.73. The Morgan fingerprint density at radius 1 is 1.21 bits per heavy atom. The smallest absolute Gasteiger partial charge is 0.227 e. The highest BCUT2D eigenvalue weighted by Gasteiger charge is 2.26. The average molecular weight is 475 g/mol. The number of H-pyrrole nitrogens is 1. The van der Waals surface area contributed by atoms with E-state index in [4.69, 9.17) is 11.6 Å². The topological polar surface area (TPSA) is 114 Å². The molecule has 0 bridgehead atoms. The van der Waals surface area contributed by atoms with Gasteiger partial charge in [0.2, 0.25) is 5.95 Å². The molecule has 0 amide bonds. The normalized spacial score (nSPS) is 14.4. The molecule has 1 saturated carbocycles. The van der Waals surface area contributed by atoms with Crippen LogP contribution in [0, 0.1) is 5.82 Å². The van der Waals surface area contributed by atoms with Crippen LogP contribution in [0.15, 0.2) is 30.3 Å². The minimum Gasteiger partial charge on any atom is -0.394 e. The first kappa shape index (κ1) is 23.2. The number of anilines is 4. The third kappa shape index (κ3) is 6.10. The molecule has 1 unspecified atom stereocenters. The Balaban J connectivity index is 1.59. The van der Waals surface area contributed by atoms with Crippen LogP contribution in [0.2, 0.25) is 5.02 Å². The van der Waals surface area contributed by atoms with Gasteiger partial charge in [-0.05, 0) is 44.6 Å². The number of aromatic amines is 1. The molecule has 5 N–H and O–H groups in total. The van der Waals surface area contributed by atoms with E-state index in [1.165, 1.54) is 12.1 Å². The standard InChI is InChI=1S/C22H28ClFN8O/c1-32(2)10-9-25-20-19(23)21(27-18-11-16(30-31-18)13-3-4-13)29-22(28-20)26-17(12-33)14-5-7-15(24)8-6-14/h5-8,11,13,17,33H,3-4,9-10,12H2,1-2H3,(H4,25,26,27,28,29,30,31). The molecule has 9 nitrogen and oxygen atoms in total. The summed E-state index contributed by atoms with van der Waals surface area (Å²) in [4.78, 5) is 11.1. The molecule has 3 aromatic rings. The molecular weight excluding hydrogens is 447 g/mol. The highest BCUT2D eigenvalue weighted by Crippen LogP contribution is 2.40. The number of aromatic nitrogens is 4. The zero-order valence-electron chi connectivity index (χ0n) is 18.6. The van der Waals surface area contributed by atoms with E-state index in [9.17, 15) is 9.50 Å². The monoisotopic (exact) mass is 474 g/mol. The summed E-state index contributed by atoms with van der Waals surface area (Å²) in [5, 5.41) is 27.1. The van der Waals surface area contributed by atoms with E-state index in [1.807, 2.05) is 25.1 Å². The van der Waals surface area contributed by atoms with Gasteiger partial charge in [0.05, 0.1) is 12.6 Å². The first-order chi connectivity index (χ1) is 15.9. The molecule has 0 saturated heterocycles. The SMILES string of the molecule is CN(C)CCNc1nc(NC(CO)c2ccc(F)cc2)nc(Nc2cc(C3CC3)[nH]n2)c1Cl. The van der Waals surface area contributed by atoms with E-state index in [2.05, 4.69) is 36.1 Å². The van der Waals surface area contributed by atoms with Crippen LogP contribution in [-0.4, -0.2) is 64.0 Å². The summed E-state index contributed by atoms with van der Waals surface area (Å²) in [6.45, 7) is 1.18. The van der Waals surface area contributed by atoms with E-state index in [0.717, 1.165) is 25.1 Å². The van der Waals surface area contributed by atoms with Gasteiger partial charge < -0.3 is 26.0 Å². The molecule has 1 atom stereocenters. The maximum atomic E-state index is 13.3. The molecule has 4 rings (SSSR count). The van der Waals surface area contributed by atoms with Crippen molar-refractivity contribution in [3.8, 4) is 0 Å². The minimum atomic E-state index is -0.527. The number of halogens is 2. The summed E-state index contributed by atoms with van der Waals surface area (Å²) in [5.41, 5.74) is 1.79. The molecule has 2 heterocycles. The summed E-state index contributed by atoms with van der Waals surface area (Å²) in [6.07, 6.45) is 2.33. The van der Waals surface area contributed by atoms with Gasteiger partial charge in [0.25, 0.3) is 0 Å². The molecule has 1 aliphatic rings. The molecule has 33 heavy (non-hydrogen) atoms. The first-order valence-electron chi connectivity index (χ1n) is 10.8. The number of aliphatic hydroxyl groups excluding tert-OH is 1. The van der Waals surface area contributed by atoms with Gasteiger partial charge in [-0.1, -0.05) is 23.7 Å². The number of aliphatic hydroxyl groups is 1. The molecule has 1 fully saturated rings. The Morgan fingerprint density at radius 2 is 1.94 bits per heavy atom. The molecule has 11 heteroatoms. The summed E-state index contributed by atoms with van der Waals surface area (Å²) >= 11 is 6.61. The number of nitrogens with one attached hydrogen (secondary N) is 4. The van der Waals surface area contributed by atoms with Gasteiger partial charge in [0.1, 0.15) is 10.8 Å². The molecule has 0 aliphatic heterocycles. The Morgan fingerprint density at radius 3 is 2.61 bits per heavy atom. The van der Waals surface area contributed by atoms with Crippen molar-refractivity contribution in [3.63, 3.8) is 0 Å². The van der Waals surface area contributed by atoms with Crippen LogP contribution in [0.5, 0.6) is 0 Å². The highest BCUT2D eigenvalue weighted by atomic mass is 35.5. The van der Waals surface area contributed by atoms with Gasteiger partial charge in [-0.3, -0.25) is 5.10 Å². The number of likely N-dealkylation sites (N-methyl/N-ethyl adjacent to an activating group) is 1. The molecule has 1 aliphatic carbocycles. The number of rotatable bonds is 11. The maximum absolute atomic E-state index is 13.3. The Hall–Kier alpha value is -2.95. The number of nitrogens with zero attached hydrogens (tertiary/aromatic N) is 4. The Bertz CT molecular complexity index is 1070. The fourth-order valence-corrected chi connectivity index (χ4v) is 3.52. The lowest BCUT2D eigenvalue weighted by atomic mass is 10.1. The van der Waals surface area contributed by atoms with E-state index in [0.29, 0.717) is 40.5 Å². The van der Waals surface area contributed by atoms with E-state index < -0.39 is 6.04 Å². The fourth-order valence-electron chi connectivity index (χ4n) is 3.32. The zero-order valence-corrected chi connectivity index (χ0v) is 19.3. The van der Waals surface area contributed by atoms with Crippen molar-refractivity contribution < 1.29 is 9.50 Å². The number of benzene rings is 1. The lowest BCUT2D eigenvalue weighted by molar-refractivity contribution is 0.276. The molecule has 0 spiro atoms. The third-order valence-electron chi connectivity index (χ3n) is 5.32. The summed E-state index contributed by atoms with van der Waals surface area (Å²) in [7, 11) is 3.96. The summed E-state index contributed by atoms with van der Waals surface area (Å²) in [6, 6.07) is 7.34. The van der Waals surface area contributed by atoms with Crippen molar-refractivity contribution in [2.45, 2.75) is 24.8 Å². The number of hydrogen-bond acceptors (Lipinski definition) is 8. The van der Waals surface area contributed by atoms with Crippen molar-refractivity contribution in [2.24, 2.45) is 0 Å². The van der Waals surface area contributed by atoms with Crippen molar-refractivity contribution in [1.82, 2.24) is 25.1 Å². The van der Waals surface area contributed by atoms with Crippen LogP contribution >= 0.6 is 11.6 Å². The first-order valence-corrected chi connectivity index (χ1v) is 11.2. The van der Waals surface area contributed by atoms with Crippen LogP contribution in [0.3, 0.4) is 0 Å². The van der Waals surface area contributed by atoms with Crippen molar-refractivity contribution >= 4 is 35.0 Å². The second-order valence-corrected chi connectivity index (χ2v) is 8.71. The molecular formula is C22H28ClFN8O. The van der Waals surface area contributed by atoms with Crippen LogP contribution in [0.4, 0.5) is 27.8 Å². The quantitative estimate of drug-likeness (QED) is 0.285. The Labute approximate surface area is 196 Å². The lowest BCUT2D eigenvalue weighted by Crippen LogP contribution is -2.22. The average Bonchev–Trinajstić information content (AvgIpc) is 3.54. The minimum absolute atomic E-state index is 0.228. The van der Waals surface area contributed by atoms with Gasteiger partial charge in [-0.2, -0.15) is 15.1 Å². The maximum Gasteiger partial charge on any atom is 0.227 e. The van der Waals surface area contributed by atoms with Gasteiger partial charge >= 0.3 is 0 Å². The summed E-state index contributed by atoms with van der Waals surface area (Å²) in [5.74, 6) is 1.89. The van der Waals surface area contributed by atoms with Gasteiger partial charge in [0, 0.05) is 30.8 Å². The highest BCUT2D eigenvalue weighted by molar-refractivity contribution is 6.35. The van der Waals surface area contributed by atoms with Crippen LogP contribution < -0.4 is 16.0 Å². The van der Waals surface area contributed by atoms with Gasteiger partial charge in [-0.25, -0.2) is 4.39 Å². The van der Waals surface area contributed by atoms with Crippen LogP contribution in [-0.2, 0) is 0 Å². The molecule has 1 aromatic carbocycles. The molecule has 0 radical (unpaired) electrons. The molecule has 176 valence electrons. The van der Waals surface area contributed by atoms with Crippen molar-refractivity contribution in [1.29, 1.82) is 0 Å². The molecule has 2 aromatic heterocycles. The van der Waals surface area contributed by atoms with Crippen molar-refractivity contribution in [3.05, 3.63) is 52.4 Å². The van der Waals surface area contributed by atoms with Gasteiger partial charge in [-0.15, -0.1) is 0 Å².